The highest BCUT2D eigenvalue weighted by atomic mass is 19.1. The highest BCUT2D eigenvalue weighted by Crippen LogP contribution is 1.77. The van der Waals surface area contributed by atoms with Gasteiger partial charge in [-0.2, -0.15) is 0 Å². The molecule has 0 aliphatic rings. The molecule has 48 valence electrons. The molecule has 0 nitrogen and oxygen atoms in total. The second-order valence-electron chi connectivity index (χ2n) is 1.44. The molecule has 0 rings (SSSR count). The Morgan fingerprint density at radius 3 is 1.75 bits per heavy atom. The van der Waals surface area contributed by atoms with Crippen molar-refractivity contribution in [3.8, 4) is 0 Å². The molecule has 0 heterocycles. The van der Waals surface area contributed by atoms with Crippen molar-refractivity contribution in [1.82, 2.24) is 0 Å². The van der Waals surface area contributed by atoms with E-state index < -0.39 is 0 Å². The molecule has 0 N–H and O–H groups in total. The first-order valence-electron chi connectivity index (χ1n) is 2.58. The van der Waals surface area contributed by atoms with Gasteiger partial charge in [0.2, 0.25) is 0 Å². The number of hydrogen-bond donors (Lipinski definition) is 0. The predicted octanol–water partition coefficient (Wildman–Crippen LogP) is 2.71. The van der Waals surface area contributed by atoms with Crippen molar-refractivity contribution < 1.29 is 4.39 Å². The van der Waals surface area contributed by atoms with Gasteiger partial charge in [0.25, 0.3) is 0 Å². The molecule has 0 atom stereocenters. The summed E-state index contributed by atoms with van der Waals surface area (Å²) >= 11 is 0. The lowest BCUT2D eigenvalue weighted by Gasteiger charge is -1.67. The highest BCUT2D eigenvalue weighted by molar-refractivity contribution is 4.87. The standard InChI is InChI=1S/C5H8.C2H5F/c1-4-5(2)3;1-2-3/h1H2,2-3H3;2H2,1H3. The molecule has 0 aromatic rings. The fourth-order valence-electron chi connectivity index (χ4n) is 0. The minimum Gasteiger partial charge on any atom is -0.251 e. The van der Waals surface area contributed by atoms with Crippen LogP contribution in [0.15, 0.2) is 17.9 Å². The van der Waals surface area contributed by atoms with Crippen LogP contribution in [0.5, 0.6) is 0 Å². The van der Waals surface area contributed by atoms with Crippen LogP contribution in [0.2, 0.25) is 0 Å². The summed E-state index contributed by atoms with van der Waals surface area (Å²) in [5, 5.41) is 0. The quantitative estimate of drug-likeness (QED) is 0.427. The lowest BCUT2D eigenvalue weighted by molar-refractivity contribution is 0.527. The van der Waals surface area contributed by atoms with Crippen molar-refractivity contribution in [2.45, 2.75) is 20.8 Å². The summed E-state index contributed by atoms with van der Waals surface area (Å²) in [4.78, 5) is 0. The normalized spacial score (nSPS) is 6.00. The van der Waals surface area contributed by atoms with E-state index in [1.807, 2.05) is 13.8 Å². The fourth-order valence-corrected chi connectivity index (χ4v) is 0. The van der Waals surface area contributed by atoms with E-state index in [-0.39, 0.29) is 6.67 Å². The maximum atomic E-state index is 10.3. The highest BCUT2D eigenvalue weighted by Gasteiger charge is 1.57. The van der Waals surface area contributed by atoms with Crippen LogP contribution >= 0.6 is 0 Å². The van der Waals surface area contributed by atoms with Gasteiger partial charge in [-0.1, -0.05) is 6.58 Å². The van der Waals surface area contributed by atoms with Crippen molar-refractivity contribution in [2.75, 3.05) is 6.67 Å². The van der Waals surface area contributed by atoms with Crippen LogP contribution in [-0.2, 0) is 0 Å². The summed E-state index contributed by atoms with van der Waals surface area (Å²) in [6, 6.07) is 0. The first kappa shape index (κ1) is 10.4. The zero-order valence-electron chi connectivity index (χ0n) is 5.79. The Labute approximate surface area is 50.7 Å². The summed E-state index contributed by atoms with van der Waals surface area (Å²) in [7, 11) is 0. The smallest absolute Gasteiger partial charge is 0.0866 e. The summed E-state index contributed by atoms with van der Waals surface area (Å²) in [6.07, 6.45) is 0. The zero-order chi connectivity index (χ0) is 6.99. The van der Waals surface area contributed by atoms with E-state index in [9.17, 15) is 4.39 Å². The third-order valence-electron chi connectivity index (χ3n) is 0.354. The van der Waals surface area contributed by atoms with Crippen molar-refractivity contribution in [3.63, 3.8) is 0 Å². The van der Waals surface area contributed by atoms with E-state index in [1.165, 1.54) is 6.92 Å². The van der Waals surface area contributed by atoms with Gasteiger partial charge in [-0.25, -0.2) is 0 Å². The first-order chi connectivity index (χ1) is 3.68. The number of allylic oxidation sites excluding steroid dienone is 1. The number of halogens is 1. The van der Waals surface area contributed by atoms with E-state index in [4.69, 9.17) is 0 Å². The SMILES string of the molecule is C=C=C(C)C.CCF. The number of hydrogen-bond acceptors (Lipinski definition) is 0. The first-order valence-corrected chi connectivity index (χ1v) is 2.58. The largest absolute Gasteiger partial charge is 0.251 e. The number of rotatable bonds is 0. The Morgan fingerprint density at radius 2 is 1.75 bits per heavy atom. The molecule has 0 amide bonds. The molecule has 0 radical (unpaired) electrons. The molecule has 0 saturated carbocycles. The number of alkyl halides is 1. The van der Waals surface area contributed by atoms with Gasteiger partial charge < -0.3 is 0 Å². The molecule has 0 fully saturated rings. The fraction of sp³-hybridized carbons (Fsp3) is 0.571. The molecule has 0 saturated heterocycles. The van der Waals surface area contributed by atoms with Gasteiger partial charge in [0.15, 0.2) is 0 Å². The van der Waals surface area contributed by atoms with Crippen LogP contribution in [-0.4, -0.2) is 6.67 Å². The van der Waals surface area contributed by atoms with Crippen molar-refractivity contribution in [2.24, 2.45) is 0 Å². The van der Waals surface area contributed by atoms with Crippen LogP contribution in [0.25, 0.3) is 0 Å². The lowest BCUT2D eigenvalue weighted by atomic mass is 10.4. The van der Waals surface area contributed by atoms with Gasteiger partial charge in [-0.05, 0) is 26.3 Å². The summed E-state index contributed by atoms with van der Waals surface area (Å²) in [5.74, 6) is 0. The summed E-state index contributed by atoms with van der Waals surface area (Å²) in [6.45, 7) is 8.54. The molecule has 0 aliphatic carbocycles. The minimum absolute atomic E-state index is 0.250. The molecule has 0 aliphatic heterocycles. The van der Waals surface area contributed by atoms with Crippen LogP contribution < -0.4 is 0 Å². The van der Waals surface area contributed by atoms with Crippen molar-refractivity contribution in [3.05, 3.63) is 17.9 Å². The monoisotopic (exact) mass is 116 g/mol. The molecule has 0 unspecified atom stereocenters. The van der Waals surface area contributed by atoms with Gasteiger partial charge >= 0.3 is 0 Å². The van der Waals surface area contributed by atoms with Crippen LogP contribution in [0, 0.1) is 0 Å². The molecule has 0 spiro atoms. The Bertz CT molecular complexity index is 74.4. The van der Waals surface area contributed by atoms with Crippen LogP contribution in [0.4, 0.5) is 4.39 Å². The van der Waals surface area contributed by atoms with E-state index >= 15 is 0 Å². The second kappa shape index (κ2) is 9.67. The average molecular weight is 116 g/mol. The van der Waals surface area contributed by atoms with Crippen molar-refractivity contribution >= 4 is 0 Å². The topological polar surface area (TPSA) is 0 Å². The predicted molar refractivity (Wildman–Crippen MR) is 35.6 cm³/mol. The van der Waals surface area contributed by atoms with E-state index in [0.29, 0.717) is 0 Å². The second-order valence-corrected chi connectivity index (χ2v) is 1.44. The Hall–Kier alpha value is -0.550. The summed E-state index contributed by atoms with van der Waals surface area (Å²) < 4.78 is 10.3. The molecular weight excluding hydrogens is 103 g/mol. The zero-order valence-corrected chi connectivity index (χ0v) is 5.79. The van der Waals surface area contributed by atoms with Crippen LogP contribution in [0.3, 0.4) is 0 Å². The molecular formula is C7H13F. The van der Waals surface area contributed by atoms with Gasteiger partial charge in [-0.3, -0.25) is 4.39 Å². The van der Waals surface area contributed by atoms with E-state index in [0.717, 1.165) is 5.57 Å². The maximum Gasteiger partial charge on any atom is 0.0866 e. The molecule has 0 aromatic heterocycles. The van der Waals surface area contributed by atoms with Crippen molar-refractivity contribution in [1.29, 1.82) is 0 Å². The average Bonchev–Trinajstić information content (AvgIpc) is 1.69. The Morgan fingerprint density at radius 1 is 1.62 bits per heavy atom. The van der Waals surface area contributed by atoms with Gasteiger partial charge in [0, 0.05) is 0 Å². The van der Waals surface area contributed by atoms with E-state index in [1.54, 1.807) is 0 Å². The molecule has 0 bridgehead atoms. The summed E-state index contributed by atoms with van der Waals surface area (Å²) in [5.41, 5.74) is 3.84. The molecule has 1 heteroatoms. The van der Waals surface area contributed by atoms with Gasteiger partial charge in [0.05, 0.1) is 6.67 Å². The van der Waals surface area contributed by atoms with E-state index in [2.05, 4.69) is 12.3 Å². The third-order valence-corrected chi connectivity index (χ3v) is 0.354. The van der Waals surface area contributed by atoms with Gasteiger partial charge in [0.1, 0.15) is 0 Å². The Balaban J connectivity index is 0. The third kappa shape index (κ3) is 51.3. The maximum absolute atomic E-state index is 10.3. The van der Waals surface area contributed by atoms with Crippen LogP contribution in [0.1, 0.15) is 20.8 Å². The molecule has 8 heavy (non-hydrogen) atoms. The minimum atomic E-state index is -0.250. The lowest BCUT2D eigenvalue weighted by Crippen LogP contribution is -1.47. The Kier molecular flexibility index (Phi) is 12.6. The molecule has 0 aromatic carbocycles. The van der Waals surface area contributed by atoms with Gasteiger partial charge in [-0.15, -0.1) is 5.73 Å².